The lowest BCUT2D eigenvalue weighted by atomic mass is 9.63. The molecule has 1 rings (SSSR count). The second kappa shape index (κ2) is 3.43. The maximum Gasteiger partial charge on any atom is 0.0360 e. The summed E-state index contributed by atoms with van der Waals surface area (Å²) in [5.74, 6) is 0. The second-order valence-electron chi connectivity index (χ2n) is 5.44. The first-order chi connectivity index (χ1) is 5.90. The Bertz CT molecular complexity index is 193. The molecule has 0 saturated heterocycles. The maximum absolute atomic E-state index is 4.71. The Morgan fingerprint density at radius 3 is 1.92 bits per heavy atom. The molecule has 0 aromatic rings. The Hall–Kier alpha value is -0.330. The summed E-state index contributed by atoms with van der Waals surface area (Å²) >= 11 is 0. The minimum Gasteiger partial charge on any atom is -0.293 e. The number of nitrogens with zero attached hydrogens (tertiary/aromatic N) is 1. The van der Waals surface area contributed by atoms with E-state index in [1.54, 1.807) is 0 Å². The van der Waals surface area contributed by atoms with Gasteiger partial charge in [-0.15, -0.1) is 0 Å². The van der Waals surface area contributed by atoms with E-state index in [4.69, 9.17) is 4.99 Å². The van der Waals surface area contributed by atoms with Crippen LogP contribution in [0, 0.1) is 10.8 Å². The molecule has 13 heavy (non-hydrogen) atoms. The van der Waals surface area contributed by atoms with Gasteiger partial charge in [0.2, 0.25) is 0 Å². The van der Waals surface area contributed by atoms with Crippen molar-refractivity contribution in [3.05, 3.63) is 0 Å². The zero-order chi connectivity index (χ0) is 10.1. The van der Waals surface area contributed by atoms with Crippen LogP contribution < -0.4 is 0 Å². The van der Waals surface area contributed by atoms with E-state index in [-0.39, 0.29) is 0 Å². The van der Waals surface area contributed by atoms with E-state index >= 15 is 0 Å². The fraction of sp³-hybridized carbons (Fsp3) is 0.917. The Morgan fingerprint density at radius 1 is 1.08 bits per heavy atom. The lowest BCUT2D eigenvalue weighted by Crippen LogP contribution is -2.41. The molecule has 0 bridgehead atoms. The quantitative estimate of drug-likeness (QED) is 0.585. The van der Waals surface area contributed by atoms with Gasteiger partial charge >= 0.3 is 0 Å². The van der Waals surface area contributed by atoms with Gasteiger partial charge in [0.1, 0.15) is 0 Å². The van der Waals surface area contributed by atoms with Gasteiger partial charge < -0.3 is 0 Å². The molecule has 0 radical (unpaired) electrons. The van der Waals surface area contributed by atoms with Gasteiger partial charge in [-0.2, -0.15) is 0 Å². The summed E-state index contributed by atoms with van der Waals surface area (Å²) < 4.78 is 0. The average Bonchev–Trinajstić information content (AvgIpc) is 1.96. The molecular formula is C12H23N. The third-order valence-electron chi connectivity index (χ3n) is 3.20. The molecular weight excluding hydrogens is 158 g/mol. The van der Waals surface area contributed by atoms with Crippen molar-refractivity contribution in [3.8, 4) is 0 Å². The van der Waals surface area contributed by atoms with Crippen molar-refractivity contribution >= 4 is 5.71 Å². The monoisotopic (exact) mass is 181 g/mol. The van der Waals surface area contributed by atoms with Crippen molar-refractivity contribution in [2.75, 3.05) is 6.54 Å². The van der Waals surface area contributed by atoms with Gasteiger partial charge in [0, 0.05) is 23.1 Å². The first-order valence-corrected chi connectivity index (χ1v) is 5.45. The van der Waals surface area contributed by atoms with Crippen LogP contribution in [0.1, 0.15) is 53.9 Å². The van der Waals surface area contributed by atoms with Crippen LogP contribution in [0.25, 0.3) is 0 Å². The fourth-order valence-electron chi connectivity index (χ4n) is 2.71. The van der Waals surface area contributed by atoms with Gasteiger partial charge in [-0.25, -0.2) is 0 Å². The number of hydrogen-bond donors (Lipinski definition) is 0. The highest BCUT2D eigenvalue weighted by atomic mass is 14.8. The van der Waals surface area contributed by atoms with Crippen molar-refractivity contribution in [2.45, 2.75) is 53.9 Å². The Kier molecular flexibility index (Phi) is 2.84. The maximum atomic E-state index is 4.71. The zero-order valence-electron chi connectivity index (χ0n) is 9.78. The number of hydrogen-bond acceptors (Lipinski definition) is 1. The van der Waals surface area contributed by atoms with E-state index in [9.17, 15) is 0 Å². The number of aliphatic imine (C=N–C) groups is 1. The highest BCUT2D eigenvalue weighted by Crippen LogP contribution is 2.43. The Morgan fingerprint density at radius 2 is 1.54 bits per heavy atom. The highest BCUT2D eigenvalue weighted by molar-refractivity contribution is 5.94. The van der Waals surface area contributed by atoms with Gasteiger partial charge in [0.15, 0.2) is 0 Å². The van der Waals surface area contributed by atoms with Crippen LogP contribution >= 0.6 is 0 Å². The molecule has 0 atom stereocenters. The summed E-state index contributed by atoms with van der Waals surface area (Å²) in [6.07, 6.45) is 3.95. The fourth-order valence-corrected chi connectivity index (χ4v) is 2.71. The summed E-state index contributed by atoms with van der Waals surface area (Å²) in [5.41, 5.74) is 2.10. The standard InChI is InChI=1S/C12H23N/c1-6-13-10-11(2,3)8-7-9-12(10,4)5/h6-9H2,1-5H3. The molecule has 0 aliphatic heterocycles. The molecule has 0 amide bonds. The van der Waals surface area contributed by atoms with Crippen molar-refractivity contribution in [3.63, 3.8) is 0 Å². The number of rotatable bonds is 1. The summed E-state index contributed by atoms with van der Waals surface area (Å²) in [5, 5.41) is 0. The van der Waals surface area contributed by atoms with E-state index in [0.717, 1.165) is 6.54 Å². The van der Waals surface area contributed by atoms with Crippen molar-refractivity contribution in [1.29, 1.82) is 0 Å². The molecule has 76 valence electrons. The second-order valence-corrected chi connectivity index (χ2v) is 5.44. The van der Waals surface area contributed by atoms with E-state index in [1.165, 1.54) is 25.0 Å². The van der Waals surface area contributed by atoms with Gasteiger partial charge in [-0.05, 0) is 19.8 Å². The van der Waals surface area contributed by atoms with Crippen molar-refractivity contribution in [1.82, 2.24) is 0 Å². The first-order valence-electron chi connectivity index (χ1n) is 5.45. The van der Waals surface area contributed by atoms with Gasteiger partial charge in [0.25, 0.3) is 0 Å². The molecule has 1 aliphatic carbocycles. The van der Waals surface area contributed by atoms with E-state index in [0.29, 0.717) is 10.8 Å². The van der Waals surface area contributed by atoms with Gasteiger partial charge in [-0.1, -0.05) is 34.1 Å². The minimum atomic E-state index is 0.331. The SMILES string of the molecule is CCN=C1C(C)(C)CCCC1(C)C. The van der Waals surface area contributed by atoms with Crippen LogP contribution in [0.2, 0.25) is 0 Å². The normalized spacial score (nSPS) is 25.8. The summed E-state index contributed by atoms with van der Waals surface area (Å²) in [4.78, 5) is 4.71. The highest BCUT2D eigenvalue weighted by Gasteiger charge is 2.39. The lowest BCUT2D eigenvalue weighted by molar-refractivity contribution is 0.301. The molecule has 0 unspecified atom stereocenters. The molecule has 1 nitrogen and oxygen atoms in total. The summed E-state index contributed by atoms with van der Waals surface area (Å²) in [7, 11) is 0. The molecule has 1 aliphatic rings. The van der Waals surface area contributed by atoms with Gasteiger partial charge in [0.05, 0.1) is 0 Å². The Labute approximate surface area is 82.6 Å². The smallest absolute Gasteiger partial charge is 0.0360 e. The molecule has 0 heterocycles. The largest absolute Gasteiger partial charge is 0.293 e. The van der Waals surface area contributed by atoms with Crippen LogP contribution in [0.3, 0.4) is 0 Å². The third kappa shape index (κ3) is 2.12. The summed E-state index contributed by atoms with van der Waals surface area (Å²) in [6, 6.07) is 0. The van der Waals surface area contributed by atoms with Crippen molar-refractivity contribution < 1.29 is 0 Å². The lowest BCUT2D eigenvalue weighted by Gasteiger charge is -2.42. The van der Waals surface area contributed by atoms with Gasteiger partial charge in [-0.3, -0.25) is 4.99 Å². The molecule has 1 saturated carbocycles. The van der Waals surface area contributed by atoms with E-state index < -0.39 is 0 Å². The molecule has 0 spiro atoms. The van der Waals surface area contributed by atoms with Crippen LogP contribution in [0.15, 0.2) is 4.99 Å². The predicted molar refractivity (Wildman–Crippen MR) is 59.4 cm³/mol. The van der Waals surface area contributed by atoms with Crippen LogP contribution in [-0.4, -0.2) is 12.3 Å². The van der Waals surface area contributed by atoms with Crippen molar-refractivity contribution in [2.24, 2.45) is 15.8 Å². The third-order valence-corrected chi connectivity index (χ3v) is 3.20. The topological polar surface area (TPSA) is 12.4 Å². The summed E-state index contributed by atoms with van der Waals surface area (Å²) in [6.45, 7) is 12.4. The molecule has 1 heteroatoms. The minimum absolute atomic E-state index is 0.331. The van der Waals surface area contributed by atoms with Crippen LogP contribution in [-0.2, 0) is 0 Å². The molecule has 1 fully saturated rings. The van der Waals surface area contributed by atoms with E-state index in [1.807, 2.05) is 0 Å². The zero-order valence-corrected chi connectivity index (χ0v) is 9.78. The molecule has 0 aromatic heterocycles. The van der Waals surface area contributed by atoms with Crippen LogP contribution in [0.4, 0.5) is 0 Å². The Balaban J connectivity index is 2.98. The predicted octanol–water partition coefficient (Wildman–Crippen LogP) is 3.68. The van der Waals surface area contributed by atoms with Crippen LogP contribution in [0.5, 0.6) is 0 Å². The molecule has 0 aromatic carbocycles. The van der Waals surface area contributed by atoms with E-state index in [2.05, 4.69) is 34.6 Å². The first kappa shape index (κ1) is 10.7. The average molecular weight is 181 g/mol. The molecule has 0 N–H and O–H groups in total.